The fraction of sp³-hybridized carbons (Fsp3) is 0.556. The standard InChI is InChI=1S/C27H40N2O3Si/c1-26(2,3)31-25(30)29-23-17-13-12-16-21(23)22(24(29)20-14-10-9-11-15-20)18-19-28-32-33(7,8)27(4,5)6/h10,12-14,16-17,19-20H,9,11,15,18H2,1-8H3/b28-19+. The van der Waals surface area contributed by atoms with E-state index < -0.39 is 13.9 Å². The Morgan fingerprint density at radius 1 is 1.18 bits per heavy atom. The predicted molar refractivity (Wildman–Crippen MR) is 140 cm³/mol. The minimum Gasteiger partial charge on any atom is -0.455 e. The molecule has 1 unspecified atom stereocenters. The van der Waals surface area contributed by atoms with Crippen LogP contribution < -0.4 is 0 Å². The molecule has 0 aliphatic heterocycles. The molecule has 5 nitrogen and oxygen atoms in total. The van der Waals surface area contributed by atoms with E-state index in [1.165, 1.54) is 0 Å². The highest BCUT2D eigenvalue weighted by Crippen LogP contribution is 2.38. The Kier molecular flexibility index (Phi) is 7.27. The number of nitrogens with zero attached hydrogens (tertiary/aromatic N) is 2. The number of ether oxygens (including phenoxy) is 1. The third-order valence-corrected chi connectivity index (χ3v) is 10.8. The van der Waals surface area contributed by atoms with Gasteiger partial charge in [-0.05, 0) is 69.8 Å². The SMILES string of the molecule is CC(C)(C)OC(=O)n1c(C2C=CCCC2)c(C/C=N/O[Si](C)(C)C(C)(C)C)c2ccccc21. The summed E-state index contributed by atoms with van der Waals surface area (Å²) in [4.78, 5) is 13.4. The monoisotopic (exact) mass is 468 g/mol. The Bertz CT molecular complexity index is 1050. The van der Waals surface area contributed by atoms with Gasteiger partial charge >= 0.3 is 6.09 Å². The van der Waals surface area contributed by atoms with Crippen LogP contribution in [0.5, 0.6) is 0 Å². The van der Waals surface area contributed by atoms with Crippen molar-refractivity contribution in [2.75, 3.05) is 0 Å². The molecule has 2 aromatic rings. The molecule has 0 fully saturated rings. The van der Waals surface area contributed by atoms with Crippen LogP contribution >= 0.6 is 0 Å². The van der Waals surface area contributed by atoms with E-state index in [4.69, 9.17) is 9.26 Å². The van der Waals surface area contributed by atoms with Gasteiger partial charge < -0.3 is 9.26 Å². The highest BCUT2D eigenvalue weighted by atomic mass is 28.4. The molecule has 180 valence electrons. The number of rotatable bonds is 5. The van der Waals surface area contributed by atoms with Crippen molar-refractivity contribution in [1.29, 1.82) is 0 Å². The number of allylic oxidation sites excluding steroid dienone is 2. The maximum atomic E-state index is 13.4. The largest absolute Gasteiger partial charge is 0.455 e. The molecule has 1 heterocycles. The predicted octanol–water partition coefficient (Wildman–Crippen LogP) is 7.80. The fourth-order valence-corrected chi connectivity index (χ4v) is 4.52. The quantitative estimate of drug-likeness (QED) is 0.195. The van der Waals surface area contributed by atoms with Crippen LogP contribution in [-0.4, -0.2) is 30.8 Å². The number of aromatic nitrogens is 1. The molecule has 33 heavy (non-hydrogen) atoms. The maximum absolute atomic E-state index is 13.4. The van der Waals surface area contributed by atoms with Gasteiger partial charge in [0, 0.05) is 29.6 Å². The van der Waals surface area contributed by atoms with Gasteiger partial charge in [0.2, 0.25) is 0 Å². The molecule has 0 amide bonds. The van der Waals surface area contributed by atoms with Crippen molar-refractivity contribution < 1.29 is 14.1 Å². The minimum absolute atomic E-state index is 0.0924. The molecule has 0 saturated carbocycles. The second-order valence-corrected chi connectivity index (χ2v) is 16.2. The first-order valence-electron chi connectivity index (χ1n) is 12.0. The van der Waals surface area contributed by atoms with Crippen molar-refractivity contribution in [2.24, 2.45) is 5.16 Å². The topological polar surface area (TPSA) is 52.8 Å². The molecule has 0 bridgehead atoms. The molecular formula is C27H40N2O3Si. The lowest BCUT2D eigenvalue weighted by molar-refractivity contribution is 0.0539. The molecule has 1 atom stereocenters. The molecule has 1 aromatic heterocycles. The zero-order valence-corrected chi connectivity index (χ0v) is 22.6. The number of hydrogen-bond donors (Lipinski definition) is 0. The van der Waals surface area contributed by atoms with Gasteiger partial charge in [0.05, 0.1) is 5.52 Å². The molecule has 6 heteroatoms. The number of fused-ring (bicyclic) bond motifs is 1. The zero-order valence-electron chi connectivity index (χ0n) is 21.6. The fourth-order valence-electron chi connectivity index (χ4n) is 3.91. The van der Waals surface area contributed by atoms with Gasteiger partial charge in [-0.2, -0.15) is 0 Å². The van der Waals surface area contributed by atoms with Crippen molar-refractivity contribution in [3.8, 4) is 0 Å². The lowest BCUT2D eigenvalue weighted by atomic mass is 9.89. The Balaban J connectivity index is 2.06. The maximum Gasteiger partial charge on any atom is 0.419 e. The van der Waals surface area contributed by atoms with Crippen LogP contribution in [0.4, 0.5) is 4.79 Å². The Morgan fingerprint density at radius 3 is 2.48 bits per heavy atom. The lowest BCUT2D eigenvalue weighted by Crippen LogP contribution is -2.39. The molecule has 0 saturated heterocycles. The van der Waals surface area contributed by atoms with Crippen LogP contribution in [0, 0.1) is 0 Å². The average molecular weight is 469 g/mol. The first-order chi connectivity index (χ1) is 15.3. The van der Waals surface area contributed by atoms with Gasteiger partial charge in [-0.15, -0.1) is 5.16 Å². The molecule has 0 spiro atoms. The van der Waals surface area contributed by atoms with Gasteiger partial charge in [-0.25, -0.2) is 9.36 Å². The molecule has 1 aliphatic carbocycles. The normalized spacial score (nSPS) is 17.6. The number of carbonyl (C=O) groups excluding carboxylic acids is 1. The number of hydrogen-bond acceptors (Lipinski definition) is 4. The molecule has 1 aliphatic rings. The summed E-state index contributed by atoms with van der Waals surface area (Å²) >= 11 is 0. The first-order valence-corrected chi connectivity index (χ1v) is 14.9. The number of benzene rings is 1. The van der Waals surface area contributed by atoms with Crippen molar-refractivity contribution in [2.45, 2.75) is 96.9 Å². The minimum atomic E-state index is -1.97. The van der Waals surface area contributed by atoms with Crippen LogP contribution in [0.2, 0.25) is 18.1 Å². The summed E-state index contributed by atoms with van der Waals surface area (Å²) in [6.07, 6.45) is 9.81. The highest BCUT2D eigenvalue weighted by molar-refractivity contribution is 6.74. The van der Waals surface area contributed by atoms with Crippen LogP contribution in [0.3, 0.4) is 0 Å². The number of para-hydroxylation sites is 1. The van der Waals surface area contributed by atoms with Gasteiger partial charge in [-0.3, -0.25) is 0 Å². The summed E-state index contributed by atoms with van der Waals surface area (Å²) in [5.74, 6) is 0.170. The molecule has 1 aromatic carbocycles. The van der Waals surface area contributed by atoms with E-state index in [0.717, 1.165) is 41.4 Å². The van der Waals surface area contributed by atoms with Gasteiger partial charge in [0.15, 0.2) is 0 Å². The third-order valence-electron chi connectivity index (χ3n) is 6.66. The van der Waals surface area contributed by atoms with E-state index in [-0.39, 0.29) is 17.0 Å². The Hall–Kier alpha value is -2.34. The second kappa shape index (κ2) is 9.49. The van der Waals surface area contributed by atoms with Crippen molar-refractivity contribution >= 4 is 31.5 Å². The summed E-state index contributed by atoms with van der Waals surface area (Å²) < 4.78 is 13.7. The smallest absolute Gasteiger partial charge is 0.419 e. The van der Waals surface area contributed by atoms with E-state index >= 15 is 0 Å². The van der Waals surface area contributed by atoms with E-state index in [0.29, 0.717) is 6.42 Å². The Labute approximate surface area is 200 Å². The first kappa shape index (κ1) is 25.3. The lowest BCUT2D eigenvalue weighted by Gasteiger charge is -2.33. The van der Waals surface area contributed by atoms with Gasteiger partial charge in [0.25, 0.3) is 8.32 Å². The van der Waals surface area contributed by atoms with Crippen LogP contribution in [-0.2, 0) is 15.7 Å². The van der Waals surface area contributed by atoms with Crippen molar-refractivity contribution in [3.05, 3.63) is 47.7 Å². The molecular weight excluding hydrogens is 428 g/mol. The number of oxime groups is 1. The van der Waals surface area contributed by atoms with Crippen LogP contribution in [0.15, 0.2) is 41.6 Å². The van der Waals surface area contributed by atoms with E-state index in [1.807, 2.05) is 45.2 Å². The van der Waals surface area contributed by atoms with E-state index in [1.54, 1.807) is 4.57 Å². The zero-order chi connectivity index (χ0) is 24.4. The number of carbonyl (C=O) groups is 1. The summed E-state index contributed by atoms with van der Waals surface area (Å²) in [6, 6.07) is 8.09. The average Bonchev–Trinajstić information content (AvgIpc) is 3.04. The van der Waals surface area contributed by atoms with Crippen LogP contribution in [0.1, 0.15) is 78.0 Å². The Morgan fingerprint density at radius 2 is 1.88 bits per heavy atom. The summed E-state index contributed by atoms with van der Waals surface area (Å²) in [7, 11) is -1.97. The molecule has 3 rings (SSSR count). The van der Waals surface area contributed by atoms with Gasteiger partial charge in [-0.1, -0.05) is 51.1 Å². The van der Waals surface area contributed by atoms with E-state index in [9.17, 15) is 4.79 Å². The second-order valence-electron chi connectivity index (χ2n) is 11.5. The van der Waals surface area contributed by atoms with E-state index in [2.05, 4.69) is 57.2 Å². The molecule has 0 N–H and O–H groups in total. The molecule has 0 radical (unpaired) electrons. The third kappa shape index (κ3) is 5.78. The summed E-state index contributed by atoms with van der Waals surface area (Å²) in [6.45, 7) is 16.7. The van der Waals surface area contributed by atoms with Crippen molar-refractivity contribution in [3.63, 3.8) is 0 Å². The summed E-state index contributed by atoms with van der Waals surface area (Å²) in [5.41, 5.74) is 2.45. The van der Waals surface area contributed by atoms with Gasteiger partial charge in [0.1, 0.15) is 5.60 Å². The summed E-state index contributed by atoms with van der Waals surface area (Å²) in [5, 5.41) is 5.56. The van der Waals surface area contributed by atoms with Crippen LogP contribution in [0.25, 0.3) is 10.9 Å². The highest BCUT2D eigenvalue weighted by Gasteiger charge is 2.39. The van der Waals surface area contributed by atoms with Crippen molar-refractivity contribution in [1.82, 2.24) is 4.57 Å².